The molecule has 0 bridgehead atoms. The van der Waals surface area contributed by atoms with Crippen molar-refractivity contribution >= 4 is 82.3 Å². The van der Waals surface area contributed by atoms with Crippen molar-refractivity contribution < 1.29 is 38.5 Å². The van der Waals surface area contributed by atoms with Gasteiger partial charge in [-0.05, 0) is 81.0 Å². The number of hydrogen-bond donors (Lipinski definition) is 4. The van der Waals surface area contributed by atoms with Crippen LogP contribution in [-0.2, 0) is 41.5 Å². The Labute approximate surface area is 468 Å². The van der Waals surface area contributed by atoms with E-state index in [4.69, 9.17) is 76.7 Å². The Balaban J connectivity index is 0.000000152. The average molecular weight is 1110 g/mol. The van der Waals surface area contributed by atoms with Gasteiger partial charge in [0.1, 0.15) is 42.4 Å². The summed E-state index contributed by atoms with van der Waals surface area (Å²) in [4.78, 5) is 18.6. The van der Waals surface area contributed by atoms with E-state index in [0.717, 1.165) is 45.9 Å². The molecule has 4 aliphatic rings. The van der Waals surface area contributed by atoms with Crippen LogP contribution >= 0.6 is 23.2 Å². The molecule has 4 fully saturated rings. The molecule has 0 spiro atoms. The van der Waals surface area contributed by atoms with E-state index in [-0.39, 0.29) is 36.6 Å². The van der Waals surface area contributed by atoms with Gasteiger partial charge >= 0.3 is 7.12 Å². The van der Waals surface area contributed by atoms with E-state index in [1.165, 1.54) is 12.3 Å². The number of ether oxygens (including phenoxy) is 6. The molecule has 4 saturated heterocycles. The lowest BCUT2D eigenvalue weighted by molar-refractivity contribution is -0.198. The first-order chi connectivity index (χ1) is 38.2. The summed E-state index contributed by atoms with van der Waals surface area (Å²) >= 11 is 12.7. The molecule has 79 heavy (non-hydrogen) atoms. The number of nitrogens with one attached hydrogen (secondary N) is 2. The van der Waals surface area contributed by atoms with E-state index >= 15 is 0 Å². The zero-order valence-corrected chi connectivity index (χ0v) is 46.1. The van der Waals surface area contributed by atoms with Crippen LogP contribution in [0.5, 0.6) is 0 Å². The van der Waals surface area contributed by atoms with Crippen LogP contribution < -0.4 is 10.6 Å². The average Bonchev–Trinajstić information content (AvgIpc) is 4.37. The Morgan fingerprint density at radius 3 is 1.56 bits per heavy atom. The lowest BCUT2D eigenvalue weighted by atomic mass is 9.91. The van der Waals surface area contributed by atoms with Gasteiger partial charge in [-0.15, -0.1) is 0 Å². The lowest BCUT2D eigenvalue weighted by Crippen LogP contribution is -2.28. The zero-order chi connectivity index (χ0) is 55.3. The van der Waals surface area contributed by atoms with Crippen LogP contribution in [0.25, 0.3) is 40.3 Å². The zero-order valence-electron chi connectivity index (χ0n) is 44.6. The third kappa shape index (κ3) is 12.9. The van der Waals surface area contributed by atoms with Crippen LogP contribution in [0.2, 0.25) is 10.0 Å². The second-order valence-electron chi connectivity index (χ2n) is 20.2. The molecular formula is C58H63BCl2N10O8. The van der Waals surface area contributed by atoms with Crippen LogP contribution in [0.15, 0.2) is 134 Å². The molecule has 8 aromatic rings. The predicted octanol–water partition coefficient (Wildman–Crippen LogP) is 10.7. The summed E-state index contributed by atoms with van der Waals surface area (Å²) in [5.74, 6) is 1.89. The first-order valence-corrected chi connectivity index (χ1v) is 27.2. The highest BCUT2D eigenvalue weighted by molar-refractivity contribution is 6.48. The van der Waals surface area contributed by atoms with Gasteiger partial charge in [0, 0.05) is 23.1 Å². The molecule has 21 heteroatoms. The van der Waals surface area contributed by atoms with Gasteiger partial charge in [-0.2, -0.15) is 10.2 Å². The minimum absolute atomic E-state index is 0.0549. The van der Waals surface area contributed by atoms with Crippen LogP contribution in [0, 0.1) is 0 Å². The van der Waals surface area contributed by atoms with E-state index in [2.05, 4.69) is 39.5 Å². The summed E-state index contributed by atoms with van der Waals surface area (Å²) in [5.41, 5.74) is 5.32. The number of rotatable bonds is 14. The summed E-state index contributed by atoms with van der Waals surface area (Å²) in [6, 6.07) is 35.0. The molecule has 0 radical (unpaired) electrons. The van der Waals surface area contributed by atoms with Gasteiger partial charge in [0.05, 0.1) is 35.4 Å². The number of benzene rings is 4. The summed E-state index contributed by atoms with van der Waals surface area (Å²) in [6.07, 6.45) is 10.4. The van der Waals surface area contributed by atoms with E-state index in [0.29, 0.717) is 51.9 Å². The molecule has 410 valence electrons. The van der Waals surface area contributed by atoms with Crippen molar-refractivity contribution in [1.29, 1.82) is 0 Å². The molecule has 4 aromatic heterocycles. The number of halogens is 2. The highest BCUT2D eigenvalue weighted by Crippen LogP contribution is 2.46. The Kier molecular flexibility index (Phi) is 17.2. The Morgan fingerprint density at radius 2 is 1.04 bits per heavy atom. The SMILES string of the molecule is CC[C@H]1O[C@@H](n2ncc3c(NCc4ccccc4Cl)nc(/C=C/c4ccccc4)nc32)[C@@H]2OC(C)(C)O[C@@H]21.CC[C@H]1O[C@@H](n2ncc3c(NCc4ccccc4Cl)ncnc32)[C@@H]2OC(C)(C)O[C@@H]21.OB(O)/C=C/c1ccccc1. The largest absolute Gasteiger partial charge is 0.480 e. The summed E-state index contributed by atoms with van der Waals surface area (Å²) < 4.78 is 41.0. The molecule has 4 N–H and O–H groups in total. The monoisotopic (exact) mass is 1110 g/mol. The first-order valence-electron chi connectivity index (χ1n) is 26.4. The molecule has 0 aliphatic carbocycles. The fourth-order valence-electron chi connectivity index (χ4n) is 10.0. The number of hydrogen-bond acceptors (Lipinski definition) is 16. The maximum Gasteiger partial charge on any atom is 0.480 e. The number of anilines is 2. The van der Waals surface area contributed by atoms with E-state index in [9.17, 15) is 0 Å². The summed E-state index contributed by atoms with van der Waals surface area (Å²) in [5, 5.41) is 36.0. The van der Waals surface area contributed by atoms with Crippen molar-refractivity contribution in [3.05, 3.63) is 172 Å². The molecule has 18 nitrogen and oxygen atoms in total. The molecule has 12 rings (SSSR count). The van der Waals surface area contributed by atoms with Gasteiger partial charge in [0.25, 0.3) is 0 Å². The van der Waals surface area contributed by atoms with Gasteiger partial charge in [-0.25, -0.2) is 29.3 Å². The summed E-state index contributed by atoms with van der Waals surface area (Å²) in [7, 11) is -1.37. The smallest absolute Gasteiger partial charge is 0.424 e. The topological polar surface area (TPSA) is 207 Å². The van der Waals surface area contributed by atoms with Crippen LogP contribution in [-0.4, -0.2) is 105 Å². The van der Waals surface area contributed by atoms with Crippen molar-refractivity contribution in [2.24, 2.45) is 0 Å². The minimum atomic E-state index is -1.37. The highest BCUT2D eigenvalue weighted by Gasteiger charge is 2.57. The van der Waals surface area contributed by atoms with E-state index < -0.39 is 31.1 Å². The second kappa shape index (κ2) is 24.4. The molecule has 0 saturated carbocycles. The molecule has 8 atom stereocenters. The van der Waals surface area contributed by atoms with Crippen molar-refractivity contribution in [3.8, 4) is 0 Å². The van der Waals surface area contributed by atoms with Crippen molar-refractivity contribution in [2.75, 3.05) is 10.6 Å². The Morgan fingerprint density at radius 1 is 0.570 bits per heavy atom. The first kappa shape index (κ1) is 55.7. The van der Waals surface area contributed by atoms with Gasteiger partial charge in [-0.3, -0.25) is 0 Å². The van der Waals surface area contributed by atoms with E-state index in [1.807, 2.05) is 149 Å². The van der Waals surface area contributed by atoms with Crippen LogP contribution in [0.4, 0.5) is 11.6 Å². The minimum Gasteiger partial charge on any atom is -0.424 e. The lowest BCUT2D eigenvalue weighted by Gasteiger charge is -2.24. The molecule has 4 aromatic carbocycles. The normalized spacial score (nSPS) is 23.6. The quantitative estimate of drug-likeness (QED) is 0.0747. The Hall–Kier alpha value is -6.62. The van der Waals surface area contributed by atoms with Crippen LogP contribution in [0.1, 0.15) is 94.9 Å². The fraction of sp³-hybridized carbons (Fsp3) is 0.345. The third-order valence-corrected chi connectivity index (χ3v) is 14.4. The standard InChI is InChI=1S/C29H30ClN5O3.C21H24ClN5O3.C8H9BO2/c1-4-22-24-25(38-29(2,3)37-24)28(36-22)35-27-20(17-32-35)26(31-16-19-12-8-9-13-21(19)30)33-23(34-27)15-14-18-10-6-5-7-11-18;1-4-15-16-17(30-21(2,3)29-16)20(28-15)27-19-13(10-26-27)18(24-11-25-19)23-9-12-7-5-6-8-14(12)22;10-9(11)7-6-8-4-2-1-3-5-8/h5-15,17,22,24-25,28H,4,16H2,1-3H3,(H,31,33,34);5-8,10-11,15-17,20H,4,9H2,1-3H3,(H,23,24,25);1-7,10-11H/b15-14+;;7-6+/t22-,24-,25-,28-;15-,16-,17-,20-;/m11./s1. The molecule has 0 amide bonds. The van der Waals surface area contributed by atoms with Crippen molar-refractivity contribution in [2.45, 2.75) is 128 Å². The fourth-order valence-corrected chi connectivity index (χ4v) is 10.4. The molecule has 0 unspecified atom stereocenters. The molecule has 4 aliphatic heterocycles. The van der Waals surface area contributed by atoms with Gasteiger partial charge in [0.15, 0.2) is 41.1 Å². The Bertz CT molecular complexity index is 3400. The number of aromatic nitrogens is 8. The number of fused-ring (bicyclic) bond motifs is 4. The van der Waals surface area contributed by atoms with E-state index in [1.54, 1.807) is 27.8 Å². The second-order valence-corrected chi connectivity index (χ2v) is 21.0. The van der Waals surface area contributed by atoms with Crippen LogP contribution in [0.3, 0.4) is 0 Å². The maximum absolute atomic E-state index is 8.48. The third-order valence-electron chi connectivity index (χ3n) is 13.7. The van der Waals surface area contributed by atoms with Crippen molar-refractivity contribution in [3.63, 3.8) is 0 Å². The van der Waals surface area contributed by atoms with Crippen molar-refractivity contribution in [1.82, 2.24) is 39.5 Å². The van der Waals surface area contributed by atoms with Gasteiger partial charge in [0.2, 0.25) is 0 Å². The summed E-state index contributed by atoms with van der Waals surface area (Å²) in [6.45, 7) is 12.9. The number of nitrogens with zero attached hydrogens (tertiary/aromatic N) is 8. The maximum atomic E-state index is 8.48. The van der Waals surface area contributed by atoms with Gasteiger partial charge in [-0.1, -0.05) is 152 Å². The molecular weight excluding hydrogens is 1050 g/mol. The molecule has 8 heterocycles. The highest BCUT2D eigenvalue weighted by atomic mass is 35.5. The predicted molar refractivity (Wildman–Crippen MR) is 305 cm³/mol. The van der Waals surface area contributed by atoms with Gasteiger partial charge < -0.3 is 49.1 Å².